The molecule has 0 saturated carbocycles. The standard InChI is InChI=1S/C11H11ClN2O/c1-3-7-5-4-6-8-9(7)13-11(12)14(2)10(8)15/h4-6H,3H2,1-2H3. The fourth-order valence-corrected chi connectivity index (χ4v) is 1.77. The van der Waals surface area contributed by atoms with Crippen LogP contribution in [0.4, 0.5) is 0 Å². The molecule has 1 aromatic heterocycles. The van der Waals surface area contributed by atoms with Crippen LogP contribution in [0.1, 0.15) is 12.5 Å². The Kier molecular flexibility index (Phi) is 2.49. The smallest absolute Gasteiger partial charge is 0.262 e. The van der Waals surface area contributed by atoms with E-state index in [4.69, 9.17) is 11.6 Å². The van der Waals surface area contributed by atoms with Crippen LogP contribution in [0, 0.1) is 0 Å². The molecule has 0 amide bonds. The summed E-state index contributed by atoms with van der Waals surface area (Å²) in [5.41, 5.74) is 1.67. The summed E-state index contributed by atoms with van der Waals surface area (Å²) in [5.74, 6) is 0. The molecule has 0 unspecified atom stereocenters. The van der Waals surface area contributed by atoms with Crippen LogP contribution >= 0.6 is 11.6 Å². The van der Waals surface area contributed by atoms with Crippen LogP contribution in [0.3, 0.4) is 0 Å². The van der Waals surface area contributed by atoms with Gasteiger partial charge in [-0.15, -0.1) is 0 Å². The van der Waals surface area contributed by atoms with Gasteiger partial charge in [-0.05, 0) is 29.7 Å². The third-order valence-electron chi connectivity index (χ3n) is 2.52. The SMILES string of the molecule is CCc1cccc2c(=O)n(C)c(Cl)nc12. The Balaban J connectivity index is 2.98. The van der Waals surface area contributed by atoms with Gasteiger partial charge in [0, 0.05) is 7.05 Å². The third kappa shape index (κ3) is 1.53. The Morgan fingerprint density at radius 3 is 2.87 bits per heavy atom. The highest BCUT2D eigenvalue weighted by atomic mass is 35.5. The van der Waals surface area contributed by atoms with Crippen molar-refractivity contribution < 1.29 is 0 Å². The van der Waals surface area contributed by atoms with E-state index in [1.54, 1.807) is 13.1 Å². The van der Waals surface area contributed by atoms with E-state index >= 15 is 0 Å². The molecule has 1 aromatic carbocycles. The minimum Gasteiger partial charge on any atom is -0.286 e. The summed E-state index contributed by atoms with van der Waals surface area (Å²) >= 11 is 5.87. The first-order valence-electron chi connectivity index (χ1n) is 4.79. The molecule has 0 saturated heterocycles. The molecule has 1 heterocycles. The molecule has 0 bridgehead atoms. The Hall–Kier alpha value is -1.35. The van der Waals surface area contributed by atoms with Crippen LogP contribution in [-0.4, -0.2) is 9.55 Å². The first-order valence-corrected chi connectivity index (χ1v) is 5.17. The van der Waals surface area contributed by atoms with Crippen molar-refractivity contribution in [3.8, 4) is 0 Å². The molecule has 3 nitrogen and oxygen atoms in total. The summed E-state index contributed by atoms with van der Waals surface area (Å²) < 4.78 is 1.35. The highest BCUT2D eigenvalue weighted by molar-refractivity contribution is 6.28. The highest BCUT2D eigenvalue weighted by Gasteiger charge is 2.08. The second kappa shape index (κ2) is 3.66. The average Bonchev–Trinajstić information content (AvgIpc) is 2.25. The molecule has 0 atom stereocenters. The normalized spacial score (nSPS) is 10.9. The van der Waals surface area contributed by atoms with Crippen molar-refractivity contribution in [2.75, 3.05) is 0 Å². The molecule has 0 aliphatic heterocycles. The second-order valence-electron chi connectivity index (χ2n) is 3.41. The van der Waals surface area contributed by atoms with E-state index in [1.807, 2.05) is 19.1 Å². The summed E-state index contributed by atoms with van der Waals surface area (Å²) in [5, 5.41) is 0.856. The molecule has 15 heavy (non-hydrogen) atoms. The van der Waals surface area contributed by atoms with Crippen molar-refractivity contribution >= 4 is 22.5 Å². The maximum absolute atomic E-state index is 11.9. The van der Waals surface area contributed by atoms with Crippen molar-refractivity contribution in [3.63, 3.8) is 0 Å². The van der Waals surface area contributed by atoms with Crippen LogP contribution in [0.25, 0.3) is 10.9 Å². The van der Waals surface area contributed by atoms with E-state index in [2.05, 4.69) is 4.98 Å². The van der Waals surface area contributed by atoms with Gasteiger partial charge in [0.05, 0.1) is 10.9 Å². The van der Waals surface area contributed by atoms with Crippen molar-refractivity contribution in [1.29, 1.82) is 0 Å². The Bertz CT molecular complexity index is 575. The Morgan fingerprint density at radius 2 is 2.20 bits per heavy atom. The minimum atomic E-state index is -0.0969. The average molecular weight is 223 g/mol. The molecule has 0 aliphatic carbocycles. The second-order valence-corrected chi connectivity index (χ2v) is 3.75. The van der Waals surface area contributed by atoms with E-state index in [0.29, 0.717) is 10.9 Å². The molecular formula is C11H11ClN2O. The number of fused-ring (bicyclic) bond motifs is 1. The highest BCUT2D eigenvalue weighted by Crippen LogP contribution is 2.16. The summed E-state index contributed by atoms with van der Waals surface area (Å²) in [6, 6.07) is 5.61. The topological polar surface area (TPSA) is 34.9 Å². The van der Waals surface area contributed by atoms with Crippen molar-refractivity contribution in [3.05, 3.63) is 39.4 Å². The zero-order chi connectivity index (χ0) is 11.0. The number of nitrogens with zero attached hydrogens (tertiary/aromatic N) is 2. The number of hydrogen-bond acceptors (Lipinski definition) is 2. The lowest BCUT2D eigenvalue weighted by Gasteiger charge is -2.06. The molecule has 4 heteroatoms. The Morgan fingerprint density at radius 1 is 1.47 bits per heavy atom. The first kappa shape index (κ1) is 10.2. The fourth-order valence-electron chi connectivity index (χ4n) is 1.61. The van der Waals surface area contributed by atoms with Crippen molar-refractivity contribution in [1.82, 2.24) is 9.55 Å². The molecule has 78 valence electrons. The molecule has 0 fully saturated rings. The lowest BCUT2D eigenvalue weighted by molar-refractivity contribution is 0.843. The number of para-hydroxylation sites is 1. The van der Waals surface area contributed by atoms with E-state index in [0.717, 1.165) is 12.0 Å². The van der Waals surface area contributed by atoms with E-state index in [1.165, 1.54) is 4.57 Å². The molecule has 0 N–H and O–H groups in total. The van der Waals surface area contributed by atoms with E-state index in [9.17, 15) is 4.79 Å². The molecule has 0 aliphatic rings. The number of rotatable bonds is 1. The maximum atomic E-state index is 11.9. The largest absolute Gasteiger partial charge is 0.286 e. The fraction of sp³-hybridized carbons (Fsp3) is 0.273. The minimum absolute atomic E-state index is 0.0969. The number of halogens is 1. The Labute approximate surface area is 92.3 Å². The lowest BCUT2D eigenvalue weighted by Crippen LogP contribution is -2.19. The maximum Gasteiger partial charge on any atom is 0.262 e. The predicted molar refractivity (Wildman–Crippen MR) is 61.4 cm³/mol. The van der Waals surface area contributed by atoms with E-state index in [-0.39, 0.29) is 10.8 Å². The van der Waals surface area contributed by atoms with Gasteiger partial charge in [-0.25, -0.2) is 4.98 Å². The van der Waals surface area contributed by atoms with Gasteiger partial charge in [0.15, 0.2) is 0 Å². The molecule has 0 radical (unpaired) electrons. The van der Waals surface area contributed by atoms with Crippen molar-refractivity contribution in [2.45, 2.75) is 13.3 Å². The lowest BCUT2D eigenvalue weighted by atomic mass is 10.1. The van der Waals surface area contributed by atoms with Gasteiger partial charge in [-0.1, -0.05) is 19.1 Å². The zero-order valence-corrected chi connectivity index (χ0v) is 9.38. The van der Waals surface area contributed by atoms with Crippen LogP contribution in [0.5, 0.6) is 0 Å². The zero-order valence-electron chi connectivity index (χ0n) is 8.62. The number of aryl methyl sites for hydroxylation is 1. The van der Waals surface area contributed by atoms with Crippen LogP contribution < -0.4 is 5.56 Å². The van der Waals surface area contributed by atoms with Gasteiger partial charge in [0.25, 0.3) is 5.56 Å². The monoisotopic (exact) mass is 222 g/mol. The first-order chi connectivity index (χ1) is 7.15. The van der Waals surface area contributed by atoms with E-state index < -0.39 is 0 Å². The van der Waals surface area contributed by atoms with Crippen LogP contribution in [0.2, 0.25) is 5.28 Å². The van der Waals surface area contributed by atoms with Gasteiger partial charge < -0.3 is 0 Å². The van der Waals surface area contributed by atoms with Crippen molar-refractivity contribution in [2.24, 2.45) is 7.05 Å². The van der Waals surface area contributed by atoms with Gasteiger partial charge in [-0.3, -0.25) is 9.36 Å². The molecular weight excluding hydrogens is 212 g/mol. The number of benzene rings is 1. The predicted octanol–water partition coefficient (Wildman–Crippen LogP) is 2.15. The molecule has 2 rings (SSSR count). The summed E-state index contributed by atoms with van der Waals surface area (Å²) in [4.78, 5) is 16.1. The number of hydrogen-bond donors (Lipinski definition) is 0. The van der Waals surface area contributed by atoms with Gasteiger partial charge in [0.1, 0.15) is 0 Å². The van der Waals surface area contributed by atoms with Gasteiger partial charge >= 0.3 is 0 Å². The van der Waals surface area contributed by atoms with Crippen LogP contribution in [-0.2, 0) is 13.5 Å². The van der Waals surface area contributed by atoms with Crippen LogP contribution in [0.15, 0.2) is 23.0 Å². The summed E-state index contributed by atoms with van der Waals surface area (Å²) in [6.07, 6.45) is 0.841. The molecule has 0 spiro atoms. The third-order valence-corrected chi connectivity index (χ3v) is 2.85. The quantitative estimate of drug-likeness (QED) is 0.693. The number of aromatic nitrogens is 2. The van der Waals surface area contributed by atoms with Gasteiger partial charge in [0.2, 0.25) is 5.28 Å². The summed E-state index contributed by atoms with van der Waals surface area (Å²) in [7, 11) is 1.62. The molecule has 2 aromatic rings. The summed E-state index contributed by atoms with van der Waals surface area (Å²) in [6.45, 7) is 2.03. The van der Waals surface area contributed by atoms with Gasteiger partial charge in [-0.2, -0.15) is 0 Å².